The summed E-state index contributed by atoms with van der Waals surface area (Å²) in [5.41, 5.74) is 0.579. The normalized spacial score (nSPS) is 13.0. The van der Waals surface area contributed by atoms with Crippen molar-refractivity contribution in [2.75, 3.05) is 25.1 Å². The molecular formula is C14H21N2O6P. The summed E-state index contributed by atoms with van der Waals surface area (Å²) < 4.78 is 27.7. The second-order valence-corrected chi connectivity index (χ2v) is 6.10. The molecule has 1 unspecified atom stereocenters. The van der Waals surface area contributed by atoms with Gasteiger partial charge in [0.1, 0.15) is 12.3 Å². The first-order chi connectivity index (χ1) is 10.9. The van der Waals surface area contributed by atoms with E-state index in [0.29, 0.717) is 5.69 Å². The van der Waals surface area contributed by atoms with Crippen LogP contribution in [0.3, 0.4) is 0 Å². The molecule has 0 aromatic heterocycles. The zero-order valence-corrected chi connectivity index (χ0v) is 14.2. The molecular weight excluding hydrogens is 323 g/mol. The van der Waals surface area contributed by atoms with Crippen molar-refractivity contribution in [1.82, 2.24) is 5.09 Å². The van der Waals surface area contributed by atoms with Crippen LogP contribution in [0.1, 0.15) is 20.8 Å². The molecule has 1 aromatic carbocycles. The lowest BCUT2D eigenvalue weighted by Crippen LogP contribution is -2.25. The van der Waals surface area contributed by atoms with E-state index in [1.807, 2.05) is 0 Å². The maximum Gasteiger partial charge on any atom is 0.459 e. The molecule has 1 rings (SSSR count). The third kappa shape index (κ3) is 7.27. The van der Waals surface area contributed by atoms with Crippen molar-refractivity contribution in [3.63, 3.8) is 0 Å². The Hall–Kier alpha value is -1.89. The Balaban J connectivity index is 2.72. The summed E-state index contributed by atoms with van der Waals surface area (Å²) in [5.74, 6) is -0.487. The van der Waals surface area contributed by atoms with Gasteiger partial charge in [-0.15, -0.1) is 0 Å². The third-order valence-electron chi connectivity index (χ3n) is 2.42. The molecule has 0 saturated carbocycles. The van der Waals surface area contributed by atoms with E-state index in [1.165, 1.54) is 19.1 Å². The Labute approximate surface area is 135 Å². The first kappa shape index (κ1) is 19.2. The van der Waals surface area contributed by atoms with Gasteiger partial charge in [-0.1, -0.05) is 0 Å². The molecule has 1 amide bonds. The van der Waals surface area contributed by atoms with E-state index in [1.54, 1.807) is 26.0 Å². The van der Waals surface area contributed by atoms with E-state index >= 15 is 0 Å². The highest BCUT2D eigenvalue weighted by Crippen LogP contribution is 2.44. The van der Waals surface area contributed by atoms with Crippen LogP contribution in [-0.4, -0.2) is 31.6 Å². The first-order valence-electron chi connectivity index (χ1n) is 7.11. The highest BCUT2D eigenvalue weighted by Gasteiger charge is 2.27. The van der Waals surface area contributed by atoms with E-state index in [4.69, 9.17) is 13.8 Å². The number of nitrogens with one attached hydrogen (secondary N) is 2. The minimum Gasteiger partial charge on any atom is -0.465 e. The summed E-state index contributed by atoms with van der Waals surface area (Å²) >= 11 is 0. The zero-order chi connectivity index (χ0) is 17.3. The number of carbonyl (C=O) groups excluding carboxylic acids is 2. The molecule has 1 aromatic rings. The second kappa shape index (κ2) is 9.29. The number of hydrogen-bond acceptors (Lipinski definition) is 6. The highest BCUT2D eigenvalue weighted by atomic mass is 31.2. The largest absolute Gasteiger partial charge is 0.465 e. The van der Waals surface area contributed by atoms with E-state index in [2.05, 4.69) is 10.4 Å². The van der Waals surface area contributed by atoms with Gasteiger partial charge in [0.2, 0.25) is 5.91 Å². The van der Waals surface area contributed by atoms with Crippen LogP contribution in [0.25, 0.3) is 0 Å². The highest BCUT2D eigenvalue weighted by molar-refractivity contribution is 7.52. The molecule has 0 heterocycles. The van der Waals surface area contributed by atoms with E-state index in [0.717, 1.165) is 0 Å². The van der Waals surface area contributed by atoms with Crippen LogP contribution >= 0.6 is 7.75 Å². The maximum absolute atomic E-state index is 12.5. The maximum atomic E-state index is 12.5. The molecule has 128 valence electrons. The van der Waals surface area contributed by atoms with Gasteiger partial charge in [-0.2, -0.15) is 0 Å². The Morgan fingerprint density at radius 2 is 1.78 bits per heavy atom. The fourth-order valence-electron chi connectivity index (χ4n) is 1.59. The third-order valence-corrected chi connectivity index (χ3v) is 4.02. The standard InChI is InChI=1S/C14H21N2O6P/c1-4-20-14(18)10-15-23(19,21-5-2)22-13-8-6-12(7-9-13)16-11(3)17/h6-9H,4-5,10H2,1-3H3,(H,15,19)(H,16,17). The summed E-state index contributed by atoms with van der Waals surface area (Å²) in [6.45, 7) is 4.79. The van der Waals surface area contributed by atoms with Crippen LogP contribution in [0.4, 0.5) is 5.69 Å². The molecule has 1 atom stereocenters. The molecule has 0 saturated heterocycles. The second-order valence-electron chi connectivity index (χ2n) is 4.35. The van der Waals surface area contributed by atoms with Gasteiger partial charge in [-0.3, -0.25) is 14.1 Å². The number of ether oxygens (including phenoxy) is 1. The quantitative estimate of drug-likeness (QED) is 0.523. The van der Waals surface area contributed by atoms with Gasteiger partial charge in [0.15, 0.2) is 0 Å². The molecule has 0 aliphatic carbocycles. The van der Waals surface area contributed by atoms with Gasteiger partial charge in [0, 0.05) is 12.6 Å². The number of rotatable bonds is 9. The predicted octanol–water partition coefficient (Wildman–Crippen LogP) is 2.32. The van der Waals surface area contributed by atoms with Crippen molar-refractivity contribution in [3.05, 3.63) is 24.3 Å². The lowest BCUT2D eigenvalue weighted by molar-refractivity contribution is -0.141. The smallest absolute Gasteiger partial charge is 0.459 e. The van der Waals surface area contributed by atoms with E-state index in [9.17, 15) is 14.2 Å². The fraction of sp³-hybridized carbons (Fsp3) is 0.429. The Bertz CT molecular complexity index is 575. The minimum atomic E-state index is -3.70. The van der Waals surface area contributed by atoms with Crippen molar-refractivity contribution in [2.24, 2.45) is 0 Å². The molecule has 0 aliphatic rings. The molecule has 0 spiro atoms. The molecule has 23 heavy (non-hydrogen) atoms. The number of anilines is 1. The van der Waals surface area contributed by atoms with Crippen LogP contribution in [0, 0.1) is 0 Å². The first-order valence-corrected chi connectivity index (χ1v) is 8.65. The van der Waals surface area contributed by atoms with Crippen LogP contribution in [0.2, 0.25) is 0 Å². The van der Waals surface area contributed by atoms with Crippen LogP contribution in [0.15, 0.2) is 24.3 Å². The average molecular weight is 344 g/mol. The molecule has 8 nitrogen and oxygen atoms in total. The topological polar surface area (TPSA) is 103 Å². The van der Waals surface area contributed by atoms with Gasteiger partial charge in [-0.05, 0) is 38.1 Å². The number of esters is 1. The van der Waals surface area contributed by atoms with Crippen LogP contribution < -0.4 is 14.9 Å². The number of amides is 1. The van der Waals surface area contributed by atoms with Crippen LogP contribution in [0.5, 0.6) is 5.75 Å². The monoisotopic (exact) mass is 344 g/mol. The Morgan fingerprint density at radius 1 is 1.13 bits per heavy atom. The van der Waals surface area contributed by atoms with E-state index in [-0.39, 0.29) is 31.4 Å². The lowest BCUT2D eigenvalue weighted by atomic mass is 10.3. The lowest BCUT2D eigenvalue weighted by Gasteiger charge is -2.19. The molecule has 0 fully saturated rings. The van der Waals surface area contributed by atoms with Gasteiger partial charge in [0.05, 0.1) is 13.2 Å². The summed E-state index contributed by atoms with van der Waals surface area (Å²) in [4.78, 5) is 22.3. The van der Waals surface area contributed by atoms with Gasteiger partial charge in [0.25, 0.3) is 0 Å². The predicted molar refractivity (Wildman–Crippen MR) is 85.2 cm³/mol. The van der Waals surface area contributed by atoms with Crippen molar-refractivity contribution in [3.8, 4) is 5.75 Å². The molecule has 0 bridgehead atoms. The van der Waals surface area contributed by atoms with Crippen molar-refractivity contribution < 1.29 is 27.9 Å². The van der Waals surface area contributed by atoms with Crippen molar-refractivity contribution >= 4 is 25.3 Å². The van der Waals surface area contributed by atoms with Crippen molar-refractivity contribution in [2.45, 2.75) is 20.8 Å². The zero-order valence-electron chi connectivity index (χ0n) is 13.3. The van der Waals surface area contributed by atoms with Gasteiger partial charge >= 0.3 is 13.7 Å². The molecule has 0 radical (unpaired) electrons. The molecule has 9 heteroatoms. The van der Waals surface area contributed by atoms with E-state index < -0.39 is 13.7 Å². The van der Waals surface area contributed by atoms with Crippen molar-refractivity contribution in [1.29, 1.82) is 0 Å². The molecule has 2 N–H and O–H groups in total. The number of benzene rings is 1. The van der Waals surface area contributed by atoms with Crippen LogP contribution in [-0.2, 0) is 23.4 Å². The minimum absolute atomic E-state index is 0.136. The summed E-state index contributed by atoms with van der Waals surface area (Å²) in [7, 11) is -3.70. The summed E-state index contributed by atoms with van der Waals surface area (Å²) in [6.07, 6.45) is 0. The number of hydrogen-bond donors (Lipinski definition) is 2. The summed E-state index contributed by atoms with van der Waals surface area (Å²) in [6, 6.07) is 6.25. The summed E-state index contributed by atoms with van der Waals surface area (Å²) in [5, 5.41) is 5.05. The SMILES string of the molecule is CCOC(=O)CNP(=O)(OCC)Oc1ccc(NC(C)=O)cc1. The molecule has 0 aliphatic heterocycles. The number of carbonyl (C=O) groups is 2. The fourth-order valence-corrected chi connectivity index (χ4v) is 2.86. The van der Waals surface area contributed by atoms with Gasteiger partial charge < -0.3 is 14.6 Å². The average Bonchev–Trinajstić information content (AvgIpc) is 2.47. The Kier molecular flexibility index (Phi) is 7.74. The van der Waals surface area contributed by atoms with Gasteiger partial charge in [-0.25, -0.2) is 9.65 Å². The Morgan fingerprint density at radius 3 is 2.30 bits per heavy atom.